The van der Waals surface area contributed by atoms with Gasteiger partial charge in [0.05, 0.1) is 18.4 Å². The van der Waals surface area contributed by atoms with Gasteiger partial charge in [0.25, 0.3) is 0 Å². The van der Waals surface area contributed by atoms with Crippen LogP contribution in [-0.2, 0) is 0 Å². The summed E-state index contributed by atoms with van der Waals surface area (Å²) in [5.41, 5.74) is 5.13. The van der Waals surface area contributed by atoms with Crippen molar-refractivity contribution in [2.75, 3.05) is 12.4 Å². The van der Waals surface area contributed by atoms with Crippen molar-refractivity contribution in [3.63, 3.8) is 0 Å². The van der Waals surface area contributed by atoms with Crippen molar-refractivity contribution in [1.82, 2.24) is 4.90 Å². The fourth-order valence-corrected chi connectivity index (χ4v) is 3.15. The Balaban J connectivity index is 1.94. The van der Waals surface area contributed by atoms with E-state index in [9.17, 15) is 0 Å². The van der Waals surface area contributed by atoms with Crippen LogP contribution in [-0.4, -0.2) is 18.3 Å². The van der Waals surface area contributed by atoms with Crippen LogP contribution in [0.5, 0.6) is 0 Å². The molecule has 3 heteroatoms. The number of hydrogen-bond acceptors (Lipinski definition) is 2. The highest BCUT2D eigenvalue weighted by Gasteiger charge is 2.29. The topological polar surface area (TPSA) is 27.6 Å². The minimum absolute atomic E-state index is 0.294. The predicted molar refractivity (Wildman–Crippen MR) is 97.8 cm³/mol. The number of aryl methyl sites for hydroxylation is 1. The Morgan fingerprint density at radius 1 is 1.17 bits per heavy atom. The zero-order valence-corrected chi connectivity index (χ0v) is 13.7. The van der Waals surface area contributed by atoms with E-state index in [1.807, 2.05) is 6.34 Å². The first-order valence-electron chi connectivity index (χ1n) is 7.97. The first-order valence-corrected chi connectivity index (χ1v) is 7.97. The standard InChI is InChI=1S/C20H23N3/c1-4-21-14-23(3)20-13-19(16-11-9-15(2)10-12-16)22-18-8-6-5-7-17(18)20/h4-12,14,19-20,22H,1,13H2,2-3H3. The number of nitrogens with zero attached hydrogens (tertiary/aromatic N) is 2. The molecule has 23 heavy (non-hydrogen) atoms. The normalized spacial score (nSPS) is 19.9. The van der Waals surface area contributed by atoms with Gasteiger partial charge in [0.15, 0.2) is 0 Å². The van der Waals surface area contributed by atoms with Gasteiger partial charge in [-0.3, -0.25) is 0 Å². The lowest BCUT2D eigenvalue weighted by Crippen LogP contribution is -2.31. The first kappa shape index (κ1) is 15.3. The molecule has 2 aromatic rings. The van der Waals surface area contributed by atoms with Gasteiger partial charge in [0.2, 0.25) is 0 Å². The molecule has 118 valence electrons. The molecule has 2 aromatic carbocycles. The van der Waals surface area contributed by atoms with Crippen molar-refractivity contribution < 1.29 is 0 Å². The molecule has 0 radical (unpaired) electrons. The fraction of sp³-hybridized carbons (Fsp3) is 0.250. The highest BCUT2D eigenvalue weighted by Crippen LogP contribution is 2.41. The second-order valence-corrected chi connectivity index (χ2v) is 6.06. The highest BCUT2D eigenvalue weighted by atomic mass is 15.2. The van der Waals surface area contributed by atoms with Crippen molar-refractivity contribution in [3.05, 3.63) is 78.0 Å². The van der Waals surface area contributed by atoms with Crippen LogP contribution >= 0.6 is 0 Å². The second kappa shape index (κ2) is 6.69. The molecule has 0 saturated carbocycles. The van der Waals surface area contributed by atoms with Gasteiger partial charge < -0.3 is 10.2 Å². The van der Waals surface area contributed by atoms with Crippen LogP contribution in [0.15, 0.2) is 66.3 Å². The van der Waals surface area contributed by atoms with E-state index in [1.165, 1.54) is 22.4 Å². The first-order chi connectivity index (χ1) is 11.2. The van der Waals surface area contributed by atoms with Crippen LogP contribution in [0.2, 0.25) is 0 Å². The molecule has 1 aliphatic rings. The van der Waals surface area contributed by atoms with Crippen LogP contribution in [0, 0.1) is 6.92 Å². The summed E-state index contributed by atoms with van der Waals surface area (Å²) in [7, 11) is 2.08. The summed E-state index contributed by atoms with van der Waals surface area (Å²) in [6.07, 6.45) is 4.42. The number of anilines is 1. The highest BCUT2D eigenvalue weighted by molar-refractivity contribution is 5.61. The van der Waals surface area contributed by atoms with Crippen LogP contribution in [0.4, 0.5) is 5.69 Å². The molecule has 3 rings (SSSR count). The third kappa shape index (κ3) is 3.29. The van der Waals surface area contributed by atoms with Crippen molar-refractivity contribution in [3.8, 4) is 0 Å². The summed E-state index contributed by atoms with van der Waals surface area (Å²) in [4.78, 5) is 6.34. The largest absolute Gasteiger partial charge is 0.378 e. The van der Waals surface area contributed by atoms with E-state index in [0.717, 1.165) is 6.42 Å². The average molecular weight is 305 g/mol. The van der Waals surface area contributed by atoms with E-state index >= 15 is 0 Å². The molecule has 0 aromatic heterocycles. The van der Waals surface area contributed by atoms with Gasteiger partial charge >= 0.3 is 0 Å². The van der Waals surface area contributed by atoms with Gasteiger partial charge in [-0.25, -0.2) is 4.99 Å². The monoisotopic (exact) mass is 305 g/mol. The predicted octanol–water partition coefficient (Wildman–Crippen LogP) is 4.70. The van der Waals surface area contributed by atoms with Gasteiger partial charge in [0, 0.05) is 18.9 Å². The third-order valence-corrected chi connectivity index (χ3v) is 4.43. The summed E-state index contributed by atoms with van der Waals surface area (Å²) in [6, 6.07) is 17.9. The number of para-hydroxylation sites is 1. The molecule has 3 nitrogen and oxygen atoms in total. The van der Waals surface area contributed by atoms with Crippen molar-refractivity contribution >= 4 is 12.0 Å². The van der Waals surface area contributed by atoms with Crippen molar-refractivity contribution in [1.29, 1.82) is 0 Å². The zero-order chi connectivity index (χ0) is 16.2. The summed E-state index contributed by atoms with van der Waals surface area (Å²) >= 11 is 0. The van der Waals surface area contributed by atoms with Crippen LogP contribution in [0.3, 0.4) is 0 Å². The summed E-state index contributed by atoms with van der Waals surface area (Å²) in [6.45, 7) is 5.78. The van der Waals surface area contributed by atoms with Gasteiger partial charge in [-0.2, -0.15) is 0 Å². The number of benzene rings is 2. The lowest BCUT2D eigenvalue weighted by molar-refractivity contribution is 0.338. The summed E-state index contributed by atoms with van der Waals surface area (Å²) < 4.78 is 0. The Morgan fingerprint density at radius 2 is 1.91 bits per heavy atom. The molecule has 0 amide bonds. The Labute approximate surface area is 138 Å². The SMILES string of the molecule is C=CN=CN(C)C1CC(c2ccc(C)cc2)Nc2ccccc21. The Kier molecular flexibility index (Phi) is 4.47. The Hall–Kier alpha value is -2.55. The van der Waals surface area contributed by atoms with Gasteiger partial charge in [-0.1, -0.05) is 54.6 Å². The lowest BCUT2D eigenvalue weighted by Gasteiger charge is -2.37. The smallest absolute Gasteiger partial charge is 0.0907 e. The maximum absolute atomic E-state index is 4.17. The number of fused-ring (bicyclic) bond motifs is 1. The van der Waals surface area contributed by atoms with Crippen molar-refractivity contribution in [2.24, 2.45) is 4.99 Å². The van der Waals surface area contributed by atoms with E-state index in [1.54, 1.807) is 6.20 Å². The molecule has 0 fully saturated rings. The van der Waals surface area contributed by atoms with Crippen LogP contribution in [0.1, 0.15) is 35.2 Å². The van der Waals surface area contributed by atoms with E-state index < -0.39 is 0 Å². The number of rotatable bonds is 4. The molecular weight excluding hydrogens is 282 g/mol. The minimum Gasteiger partial charge on any atom is -0.378 e. The fourth-order valence-electron chi connectivity index (χ4n) is 3.15. The summed E-state index contributed by atoms with van der Waals surface area (Å²) in [5, 5.41) is 3.68. The molecule has 1 heterocycles. The molecule has 1 aliphatic heterocycles. The molecule has 1 N–H and O–H groups in total. The van der Waals surface area contributed by atoms with Crippen LogP contribution in [0.25, 0.3) is 0 Å². The molecule has 2 atom stereocenters. The molecular formula is C20H23N3. The van der Waals surface area contributed by atoms with Crippen molar-refractivity contribution in [2.45, 2.75) is 25.4 Å². The van der Waals surface area contributed by atoms with Gasteiger partial charge in [-0.05, 0) is 30.5 Å². The number of nitrogens with one attached hydrogen (secondary N) is 1. The molecule has 0 aliphatic carbocycles. The maximum Gasteiger partial charge on any atom is 0.0907 e. The van der Waals surface area contributed by atoms with E-state index in [0.29, 0.717) is 12.1 Å². The number of hydrogen-bond donors (Lipinski definition) is 1. The quantitative estimate of drug-likeness (QED) is 0.655. The lowest BCUT2D eigenvalue weighted by atomic mass is 9.88. The average Bonchev–Trinajstić information content (AvgIpc) is 2.59. The zero-order valence-electron chi connectivity index (χ0n) is 13.7. The third-order valence-electron chi connectivity index (χ3n) is 4.43. The van der Waals surface area contributed by atoms with E-state index in [4.69, 9.17) is 0 Å². The van der Waals surface area contributed by atoms with Gasteiger partial charge in [0.1, 0.15) is 0 Å². The molecule has 0 spiro atoms. The summed E-state index contributed by atoms with van der Waals surface area (Å²) in [5.74, 6) is 0. The Bertz CT molecular complexity index is 703. The van der Waals surface area contributed by atoms with Crippen LogP contribution < -0.4 is 5.32 Å². The number of aliphatic imine (C=N–C) groups is 1. The second-order valence-electron chi connectivity index (χ2n) is 6.06. The van der Waals surface area contributed by atoms with E-state index in [2.05, 4.69) is 84.3 Å². The van der Waals surface area contributed by atoms with Gasteiger partial charge in [-0.15, -0.1) is 0 Å². The minimum atomic E-state index is 0.294. The Morgan fingerprint density at radius 3 is 2.65 bits per heavy atom. The van der Waals surface area contributed by atoms with E-state index in [-0.39, 0.29) is 0 Å². The maximum atomic E-state index is 4.17. The molecule has 0 saturated heterocycles. The molecule has 2 unspecified atom stereocenters. The molecule has 0 bridgehead atoms.